The first-order valence-electron chi connectivity index (χ1n) is 12.5. The molecule has 4 heteroatoms. The fraction of sp³-hybridized carbons (Fsp3) is 0.367. The van der Waals surface area contributed by atoms with Crippen molar-refractivity contribution < 1.29 is 26.9 Å². The van der Waals surface area contributed by atoms with E-state index in [1.54, 1.807) is 0 Å². The summed E-state index contributed by atoms with van der Waals surface area (Å²) in [5.41, 5.74) is -0.440. The topological polar surface area (TPSA) is 37.3 Å². The van der Waals surface area contributed by atoms with Gasteiger partial charge in [0.15, 0.2) is 5.66 Å². The molecule has 2 nitrogen and oxygen atoms in total. The van der Waals surface area contributed by atoms with E-state index in [0.717, 1.165) is 28.8 Å². The molecule has 0 spiro atoms. The van der Waals surface area contributed by atoms with E-state index in [9.17, 15) is 9.90 Å². The predicted octanol–water partition coefficient (Wildman–Crippen LogP) is 3.97. The van der Waals surface area contributed by atoms with E-state index in [2.05, 4.69) is 43.3 Å². The molecule has 1 unspecified atom stereocenters. The van der Waals surface area contributed by atoms with E-state index in [-0.39, 0.29) is 17.0 Å². The molecule has 1 atom stereocenters. The number of benzene rings is 3. The number of hydrogen-bond donors (Lipinski definition) is 1. The van der Waals surface area contributed by atoms with Crippen LogP contribution in [0.3, 0.4) is 0 Å². The summed E-state index contributed by atoms with van der Waals surface area (Å²) < 4.78 is 0. The molecule has 0 bridgehead atoms. The normalized spacial score (nSPS) is 12.0. The molecule has 0 radical (unpaired) electrons. The van der Waals surface area contributed by atoms with Gasteiger partial charge in [0, 0.05) is 0 Å². The first-order valence-corrected chi connectivity index (χ1v) is 14.4. The molecule has 0 aliphatic carbocycles. The number of halogens is 1. The number of rotatable bonds is 14. The predicted molar refractivity (Wildman–Crippen MR) is 144 cm³/mol. The van der Waals surface area contributed by atoms with Crippen molar-refractivity contribution in [2.24, 2.45) is 0 Å². The molecule has 0 fully saturated rings. The molecule has 3 aromatic rings. The van der Waals surface area contributed by atoms with Crippen LogP contribution in [0.1, 0.15) is 64.7 Å². The molecule has 1 N–H and O–H groups in total. The Kier molecular flexibility index (Phi) is 12.6. The van der Waals surface area contributed by atoms with Gasteiger partial charge in [0.2, 0.25) is 0 Å². The first kappa shape index (κ1) is 28.3. The van der Waals surface area contributed by atoms with Gasteiger partial charge in [0.05, 0.1) is 0 Å². The third kappa shape index (κ3) is 7.03. The summed E-state index contributed by atoms with van der Waals surface area (Å²) in [7, 11) is -2.39. The van der Waals surface area contributed by atoms with Gasteiger partial charge in [0.1, 0.15) is 23.2 Å². The third-order valence-electron chi connectivity index (χ3n) is 6.57. The molecule has 3 aromatic carbocycles. The Labute approximate surface area is 216 Å². The van der Waals surface area contributed by atoms with E-state index < -0.39 is 18.9 Å². The molecule has 3 rings (SSSR count). The van der Waals surface area contributed by atoms with Crippen molar-refractivity contribution >= 4 is 29.1 Å². The number of carboxylic acids is 1. The molecular formula is C30H38BrO2P. The minimum atomic E-state index is -2.39. The highest BCUT2D eigenvalue weighted by Gasteiger charge is 2.55. The minimum Gasteiger partial charge on any atom is -1.00 e. The van der Waals surface area contributed by atoms with E-state index in [0.29, 0.717) is 6.42 Å². The highest BCUT2D eigenvalue weighted by molar-refractivity contribution is 7.96. The second-order valence-electron chi connectivity index (χ2n) is 8.85. The van der Waals surface area contributed by atoms with Gasteiger partial charge in [-0.05, 0) is 49.2 Å². The Morgan fingerprint density at radius 2 is 1.00 bits per heavy atom. The number of hydrogen-bond acceptors (Lipinski definition) is 1. The van der Waals surface area contributed by atoms with Crippen LogP contribution in [-0.4, -0.2) is 16.7 Å². The number of carbonyl (C=O) groups is 1. The number of carboxylic acid groups (broad SMARTS) is 1. The van der Waals surface area contributed by atoms with Crippen molar-refractivity contribution in [1.29, 1.82) is 0 Å². The van der Waals surface area contributed by atoms with Crippen molar-refractivity contribution in [1.82, 2.24) is 0 Å². The second-order valence-corrected chi connectivity index (χ2v) is 12.5. The molecule has 0 aromatic heterocycles. The van der Waals surface area contributed by atoms with Crippen molar-refractivity contribution in [3.63, 3.8) is 0 Å². The Morgan fingerprint density at radius 3 is 1.35 bits per heavy atom. The molecule has 0 aliphatic heterocycles. The maximum absolute atomic E-state index is 12.9. The van der Waals surface area contributed by atoms with Crippen molar-refractivity contribution in [2.75, 3.05) is 0 Å². The van der Waals surface area contributed by atoms with Crippen LogP contribution in [-0.2, 0) is 4.79 Å². The quantitative estimate of drug-likeness (QED) is 0.248. The zero-order valence-corrected chi connectivity index (χ0v) is 22.8. The summed E-state index contributed by atoms with van der Waals surface area (Å²) in [6.45, 7) is 2.24. The molecule has 0 amide bonds. The maximum Gasteiger partial charge on any atom is 0.345 e. The lowest BCUT2D eigenvalue weighted by molar-refractivity contribution is -0.136. The Hall–Kier alpha value is -1.96. The second kappa shape index (κ2) is 15.1. The SMILES string of the molecule is CCCCCCCCCCC(C(=O)O)[P+](c1ccccc1)(c1ccccc1)c1ccccc1.[Br-]. The summed E-state index contributed by atoms with van der Waals surface area (Å²) >= 11 is 0. The number of aliphatic carboxylic acids is 1. The van der Waals surface area contributed by atoms with Gasteiger partial charge in [-0.15, -0.1) is 0 Å². The molecule has 182 valence electrons. The van der Waals surface area contributed by atoms with Crippen LogP contribution in [0.2, 0.25) is 0 Å². The lowest BCUT2D eigenvalue weighted by Crippen LogP contribution is -3.00. The molecule has 34 heavy (non-hydrogen) atoms. The van der Waals surface area contributed by atoms with Gasteiger partial charge in [-0.3, -0.25) is 0 Å². The lowest BCUT2D eigenvalue weighted by atomic mass is 10.1. The minimum absolute atomic E-state index is 0. The van der Waals surface area contributed by atoms with Crippen LogP contribution >= 0.6 is 7.26 Å². The van der Waals surface area contributed by atoms with Gasteiger partial charge in [-0.1, -0.05) is 106 Å². The molecule has 0 aliphatic rings. The zero-order chi connectivity index (χ0) is 23.4. The van der Waals surface area contributed by atoms with E-state index >= 15 is 0 Å². The Balaban J connectivity index is 0.00000408. The summed E-state index contributed by atoms with van der Waals surface area (Å²) in [4.78, 5) is 12.9. The van der Waals surface area contributed by atoms with Gasteiger partial charge < -0.3 is 22.1 Å². The fourth-order valence-electron chi connectivity index (χ4n) is 4.93. The van der Waals surface area contributed by atoms with Crippen LogP contribution < -0.4 is 32.9 Å². The van der Waals surface area contributed by atoms with E-state index in [1.165, 1.54) is 38.5 Å². The van der Waals surface area contributed by atoms with E-state index in [4.69, 9.17) is 0 Å². The monoisotopic (exact) mass is 540 g/mol. The van der Waals surface area contributed by atoms with Crippen LogP contribution in [0.25, 0.3) is 0 Å². The van der Waals surface area contributed by atoms with Crippen LogP contribution in [0.5, 0.6) is 0 Å². The maximum atomic E-state index is 12.9. The van der Waals surface area contributed by atoms with Crippen molar-refractivity contribution in [3.8, 4) is 0 Å². The summed E-state index contributed by atoms with van der Waals surface area (Å²) in [5.74, 6) is -0.678. The summed E-state index contributed by atoms with van der Waals surface area (Å²) in [5, 5.41) is 14.1. The van der Waals surface area contributed by atoms with Gasteiger partial charge in [0.25, 0.3) is 0 Å². The fourth-order valence-corrected chi connectivity index (χ4v) is 9.73. The van der Waals surface area contributed by atoms with Crippen LogP contribution in [0.15, 0.2) is 91.0 Å². The summed E-state index contributed by atoms with van der Waals surface area (Å²) in [6.07, 6.45) is 10.4. The number of unbranched alkanes of at least 4 members (excludes halogenated alkanes) is 7. The highest BCUT2D eigenvalue weighted by Crippen LogP contribution is 2.61. The Bertz CT molecular complexity index is 851. The largest absolute Gasteiger partial charge is 1.00 e. The zero-order valence-electron chi connectivity index (χ0n) is 20.3. The average molecular weight is 542 g/mol. The van der Waals surface area contributed by atoms with Gasteiger partial charge >= 0.3 is 5.97 Å². The molecule has 0 heterocycles. The standard InChI is InChI=1S/C30H37O2P.BrH/c1-2-3-4-5-6-7-8-18-25-29(30(31)32)33(26-19-12-9-13-20-26,27-21-14-10-15-22-27)28-23-16-11-17-24-28;/h9-17,19-24,29H,2-8,18,25H2,1H3;1H. The van der Waals surface area contributed by atoms with Crippen molar-refractivity contribution in [2.45, 2.75) is 70.4 Å². The molecule has 0 saturated heterocycles. The molecule has 0 saturated carbocycles. The highest BCUT2D eigenvalue weighted by atomic mass is 79.9. The third-order valence-corrected chi connectivity index (χ3v) is 11.3. The Morgan fingerprint density at radius 1 is 0.647 bits per heavy atom. The lowest BCUT2D eigenvalue weighted by Gasteiger charge is -2.32. The average Bonchev–Trinajstić information content (AvgIpc) is 2.86. The smallest absolute Gasteiger partial charge is 0.345 e. The van der Waals surface area contributed by atoms with Crippen LogP contribution in [0, 0.1) is 0 Å². The van der Waals surface area contributed by atoms with Crippen molar-refractivity contribution in [3.05, 3.63) is 91.0 Å². The van der Waals surface area contributed by atoms with Gasteiger partial charge in [-0.25, -0.2) is 4.79 Å². The first-order chi connectivity index (χ1) is 16.2. The summed E-state index contributed by atoms with van der Waals surface area (Å²) in [6, 6.07) is 31.1. The van der Waals surface area contributed by atoms with E-state index in [1.807, 2.05) is 54.6 Å². The molecular weight excluding hydrogens is 503 g/mol. The van der Waals surface area contributed by atoms with Gasteiger partial charge in [-0.2, -0.15) is 0 Å². The van der Waals surface area contributed by atoms with Crippen LogP contribution in [0.4, 0.5) is 0 Å².